The number of aliphatic hydroxyl groups excluding tert-OH is 1. The van der Waals surface area contributed by atoms with Crippen LogP contribution in [-0.4, -0.2) is 49.2 Å². The van der Waals surface area contributed by atoms with Crippen LogP contribution in [0.25, 0.3) is 5.69 Å². The molecule has 6 N–H and O–H groups in total. The van der Waals surface area contributed by atoms with E-state index in [9.17, 15) is 9.90 Å². The molecule has 1 atom stereocenters. The molecule has 0 saturated heterocycles. The van der Waals surface area contributed by atoms with Gasteiger partial charge in [-0.2, -0.15) is 0 Å². The van der Waals surface area contributed by atoms with Crippen LogP contribution in [0, 0.1) is 6.92 Å². The number of aromatic nitrogens is 4. The van der Waals surface area contributed by atoms with E-state index in [0.29, 0.717) is 63.0 Å². The van der Waals surface area contributed by atoms with Crippen LogP contribution >= 0.6 is 11.6 Å². The van der Waals surface area contributed by atoms with Gasteiger partial charge in [-0.15, -0.1) is 5.10 Å². The number of nitrogens with two attached hydrogens (primary N) is 1. The molecule has 1 aliphatic rings. The Balaban J connectivity index is 1.48. The number of amides is 1. The summed E-state index contributed by atoms with van der Waals surface area (Å²) in [6, 6.07) is 19.6. The van der Waals surface area contributed by atoms with Gasteiger partial charge in [0.05, 0.1) is 36.1 Å². The van der Waals surface area contributed by atoms with Gasteiger partial charge in [0.1, 0.15) is 11.2 Å². The maximum atomic E-state index is 14.1. The Hall–Kier alpha value is -4.93. The number of benzene rings is 3. The largest absolute Gasteiger partial charge is 0.508 e. The quantitative estimate of drug-likeness (QED) is 0.171. The molecule has 1 amide bonds. The Labute approximate surface area is 246 Å². The van der Waals surface area contributed by atoms with Crippen molar-refractivity contribution in [3.05, 3.63) is 118 Å². The van der Waals surface area contributed by atoms with Crippen molar-refractivity contribution in [1.82, 2.24) is 20.0 Å². The third kappa shape index (κ3) is 4.70. The van der Waals surface area contributed by atoms with Gasteiger partial charge in [-0.3, -0.25) is 9.78 Å². The Kier molecular flexibility index (Phi) is 7.01. The number of halogens is 1. The van der Waals surface area contributed by atoms with Gasteiger partial charge in [0.25, 0.3) is 0 Å². The van der Waals surface area contributed by atoms with E-state index in [-0.39, 0.29) is 18.3 Å². The van der Waals surface area contributed by atoms with E-state index < -0.39 is 5.41 Å². The highest BCUT2D eigenvalue weighted by atomic mass is 35.5. The zero-order valence-corrected chi connectivity index (χ0v) is 23.4. The molecule has 0 unspecified atom stereocenters. The van der Waals surface area contributed by atoms with Crippen molar-refractivity contribution in [1.29, 1.82) is 0 Å². The van der Waals surface area contributed by atoms with Crippen molar-refractivity contribution in [3.63, 3.8) is 0 Å². The minimum absolute atomic E-state index is 0.0291. The molecule has 0 fully saturated rings. The van der Waals surface area contributed by atoms with E-state index in [1.54, 1.807) is 66.5 Å². The fraction of sp³-hybridized carbons (Fsp3) is 0.161. The number of carbonyl (C=O) groups excluding carboxylic acids is 1. The van der Waals surface area contributed by atoms with Crippen LogP contribution in [0.2, 0.25) is 5.02 Å². The van der Waals surface area contributed by atoms with Gasteiger partial charge >= 0.3 is 0 Å². The van der Waals surface area contributed by atoms with Crippen LogP contribution in [0.15, 0.2) is 79.1 Å². The highest BCUT2D eigenvalue weighted by molar-refractivity contribution is 6.30. The molecule has 3 aromatic carbocycles. The summed E-state index contributed by atoms with van der Waals surface area (Å²) in [4.78, 5) is 18.6. The maximum absolute atomic E-state index is 14.1. The molecule has 3 heterocycles. The van der Waals surface area contributed by atoms with E-state index in [4.69, 9.17) is 22.4 Å². The first-order chi connectivity index (χ1) is 20.3. The first-order valence-corrected chi connectivity index (χ1v) is 13.7. The van der Waals surface area contributed by atoms with Crippen molar-refractivity contribution in [2.24, 2.45) is 0 Å². The summed E-state index contributed by atoms with van der Waals surface area (Å²) < 4.78 is 1.57. The first kappa shape index (κ1) is 27.3. The predicted molar refractivity (Wildman–Crippen MR) is 161 cm³/mol. The molecule has 42 heavy (non-hydrogen) atoms. The van der Waals surface area contributed by atoms with E-state index in [1.807, 2.05) is 24.3 Å². The van der Waals surface area contributed by atoms with E-state index in [2.05, 4.69) is 25.9 Å². The maximum Gasteiger partial charge on any atom is 0.244 e. The second kappa shape index (κ2) is 10.8. The number of hydrogen-bond donors (Lipinski definition) is 5. The molecule has 1 aliphatic heterocycles. The molecule has 5 aromatic rings. The molecule has 10 nitrogen and oxygen atoms in total. The number of anilines is 3. The van der Waals surface area contributed by atoms with Crippen LogP contribution in [-0.2, 0) is 16.6 Å². The minimum Gasteiger partial charge on any atom is -0.508 e. The summed E-state index contributed by atoms with van der Waals surface area (Å²) in [6.45, 7) is 2.25. The number of nitrogens with zero attached hydrogens (tertiary/aromatic N) is 4. The van der Waals surface area contributed by atoms with Gasteiger partial charge in [0, 0.05) is 52.3 Å². The Morgan fingerprint density at radius 1 is 1.05 bits per heavy atom. The Bertz CT molecular complexity index is 1790. The third-order valence-corrected chi connectivity index (χ3v) is 7.70. The van der Waals surface area contributed by atoms with Crippen molar-refractivity contribution in [3.8, 4) is 11.4 Å². The molecular weight excluding hydrogens is 554 g/mol. The molecule has 0 aliphatic carbocycles. The van der Waals surface area contributed by atoms with Crippen molar-refractivity contribution in [2.45, 2.75) is 18.8 Å². The van der Waals surface area contributed by atoms with Gasteiger partial charge in [-0.25, -0.2) is 4.68 Å². The number of phenolic OH excluding ortho intramolecular Hbond substituents is 1. The average Bonchev–Trinajstić information content (AvgIpc) is 3.56. The normalized spacial score (nSPS) is 15.8. The fourth-order valence-electron chi connectivity index (χ4n) is 5.42. The fourth-order valence-corrected chi connectivity index (χ4v) is 5.55. The smallest absolute Gasteiger partial charge is 0.244 e. The molecule has 0 bridgehead atoms. The molecule has 6 rings (SSSR count). The van der Waals surface area contributed by atoms with Gasteiger partial charge in [-0.1, -0.05) is 28.9 Å². The number of aromatic hydroxyl groups is 1. The summed E-state index contributed by atoms with van der Waals surface area (Å²) in [5, 5.41) is 35.2. The third-order valence-electron chi connectivity index (χ3n) is 7.45. The lowest BCUT2D eigenvalue weighted by Crippen LogP contribution is -2.38. The summed E-state index contributed by atoms with van der Waals surface area (Å²) in [5.74, 6) is -0.216. The summed E-state index contributed by atoms with van der Waals surface area (Å²) in [6.07, 6.45) is 3.87. The summed E-state index contributed by atoms with van der Waals surface area (Å²) in [5.41, 5.74) is 11.3. The summed E-state index contributed by atoms with van der Waals surface area (Å²) >= 11 is 6.25. The number of hydrogen-bond acceptors (Lipinski definition) is 8. The number of pyridine rings is 1. The number of nitrogens with one attached hydrogen (secondary N) is 2. The van der Waals surface area contributed by atoms with Crippen molar-refractivity contribution < 1.29 is 15.0 Å². The zero-order valence-electron chi connectivity index (χ0n) is 22.7. The molecule has 11 heteroatoms. The second-order valence-corrected chi connectivity index (χ2v) is 10.6. The van der Waals surface area contributed by atoms with E-state index in [0.717, 1.165) is 11.4 Å². The van der Waals surface area contributed by atoms with Crippen LogP contribution in [0.4, 0.5) is 17.1 Å². The van der Waals surface area contributed by atoms with Crippen LogP contribution < -0.4 is 16.4 Å². The highest BCUT2D eigenvalue weighted by Gasteiger charge is 2.51. The number of aliphatic hydroxyl groups is 1. The van der Waals surface area contributed by atoms with Gasteiger partial charge in [-0.05, 0) is 66.6 Å². The average molecular weight is 582 g/mol. The van der Waals surface area contributed by atoms with Crippen molar-refractivity contribution in [2.75, 3.05) is 29.5 Å². The SMILES string of the molecule is Cc1cc([C@]2(c3ccc(Cl)cc3)C(=O)Nc3ccc(N)cc32)c(-n2cc(Cc3ccc(NCCO)cn3)nn2)cc1O. The number of aryl methyl sites for hydroxylation is 1. The Morgan fingerprint density at radius 2 is 1.86 bits per heavy atom. The number of nitrogen functional groups attached to an aromatic ring is 1. The predicted octanol–water partition coefficient (Wildman–Crippen LogP) is 4.19. The van der Waals surface area contributed by atoms with Crippen LogP contribution in [0.5, 0.6) is 5.75 Å². The molecule has 212 valence electrons. The first-order valence-electron chi connectivity index (χ1n) is 13.3. The molecule has 0 saturated carbocycles. The lowest BCUT2D eigenvalue weighted by atomic mass is 9.69. The monoisotopic (exact) mass is 581 g/mol. The molecule has 0 radical (unpaired) electrons. The number of rotatable bonds is 8. The van der Waals surface area contributed by atoms with Gasteiger partial charge in [0.2, 0.25) is 5.91 Å². The lowest BCUT2D eigenvalue weighted by Gasteiger charge is -2.31. The highest BCUT2D eigenvalue weighted by Crippen LogP contribution is 2.50. The van der Waals surface area contributed by atoms with Crippen LogP contribution in [0.3, 0.4) is 0 Å². The van der Waals surface area contributed by atoms with E-state index in [1.165, 1.54) is 0 Å². The number of carbonyl (C=O) groups is 1. The van der Waals surface area contributed by atoms with Crippen LogP contribution in [0.1, 0.15) is 33.6 Å². The molecule has 2 aromatic heterocycles. The van der Waals surface area contributed by atoms with Crippen molar-refractivity contribution >= 4 is 34.6 Å². The van der Waals surface area contributed by atoms with E-state index >= 15 is 0 Å². The Morgan fingerprint density at radius 3 is 2.60 bits per heavy atom. The topological polar surface area (TPSA) is 151 Å². The minimum atomic E-state index is -1.33. The standard InChI is InChI=1S/C31H28ClN7O3/c1-18-12-26(31(19-2-4-20(32)5-3-19)25-13-21(33)6-9-27(25)36-30(31)42)28(15-29(18)41)39-17-24(37-38-39)14-22-7-8-23(16-35-22)34-10-11-40/h2-9,12-13,15-17,34,40-41H,10-11,14,33H2,1H3,(H,36,42)/t31-/m1/s1. The molecule has 0 spiro atoms. The zero-order chi connectivity index (χ0) is 29.4. The molecular formula is C31H28ClN7O3. The lowest BCUT2D eigenvalue weighted by molar-refractivity contribution is -0.118. The number of fused-ring (bicyclic) bond motifs is 1. The van der Waals surface area contributed by atoms with Gasteiger partial charge in [0.15, 0.2) is 0 Å². The summed E-state index contributed by atoms with van der Waals surface area (Å²) in [7, 11) is 0. The second-order valence-electron chi connectivity index (χ2n) is 10.2. The van der Waals surface area contributed by atoms with Gasteiger partial charge < -0.3 is 26.6 Å². The number of phenols is 1.